The van der Waals surface area contributed by atoms with Crippen LogP contribution in [-0.2, 0) is 9.59 Å². The van der Waals surface area contributed by atoms with Crippen molar-refractivity contribution in [1.29, 1.82) is 0 Å². The first kappa shape index (κ1) is 12.5. The van der Waals surface area contributed by atoms with Crippen LogP contribution in [0.4, 0.5) is 0 Å². The van der Waals surface area contributed by atoms with Crippen molar-refractivity contribution in [3.8, 4) is 12.3 Å². The maximum atomic E-state index is 10.9. The van der Waals surface area contributed by atoms with Crippen LogP contribution in [-0.4, -0.2) is 34.7 Å². The minimum Gasteiger partial charge on any atom is -0.479 e. The van der Waals surface area contributed by atoms with Crippen molar-refractivity contribution in [1.82, 2.24) is 5.32 Å². The number of carboxylic acid groups (broad SMARTS) is 1. The number of aliphatic carboxylic acids is 1. The zero-order valence-corrected chi connectivity index (χ0v) is 7.69. The average Bonchev–Trinajstić information content (AvgIpc) is 2.14. The summed E-state index contributed by atoms with van der Waals surface area (Å²) in [6.07, 6.45) is 4.09. The van der Waals surface area contributed by atoms with E-state index < -0.39 is 12.1 Å². The topological polar surface area (TPSA) is 86.6 Å². The number of terminal acetylenes is 1. The fourth-order valence-corrected chi connectivity index (χ4v) is 0.746. The zero-order valence-electron chi connectivity index (χ0n) is 7.69. The lowest BCUT2D eigenvalue weighted by Crippen LogP contribution is -2.29. The molecule has 3 N–H and O–H groups in total. The van der Waals surface area contributed by atoms with Gasteiger partial charge in [-0.1, -0.05) is 0 Å². The van der Waals surface area contributed by atoms with E-state index in [1.54, 1.807) is 0 Å². The number of aliphatic hydroxyl groups is 1. The summed E-state index contributed by atoms with van der Waals surface area (Å²) in [4.78, 5) is 21.1. The van der Waals surface area contributed by atoms with Gasteiger partial charge in [-0.05, 0) is 0 Å². The molecule has 78 valence electrons. The third kappa shape index (κ3) is 6.03. The Labute approximate surface area is 82.1 Å². The molecule has 0 rings (SSSR count). The first-order valence-corrected chi connectivity index (χ1v) is 4.19. The molecule has 0 saturated heterocycles. The Morgan fingerprint density at radius 3 is 2.64 bits per heavy atom. The lowest BCUT2D eigenvalue weighted by atomic mass is 10.2. The lowest BCUT2D eigenvalue weighted by Gasteiger charge is -2.06. The molecule has 0 aliphatic rings. The molecule has 0 aromatic rings. The van der Waals surface area contributed by atoms with Crippen molar-refractivity contribution < 1.29 is 19.8 Å². The average molecular weight is 199 g/mol. The predicted octanol–water partition coefficient (Wildman–Crippen LogP) is -0.648. The van der Waals surface area contributed by atoms with Crippen LogP contribution in [0.25, 0.3) is 0 Å². The van der Waals surface area contributed by atoms with Crippen molar-refractivity contribution in [2.75, 3.05) is 6.54 Å². The SMILES string of the molecule is C#CCCC(=O)NCC[C@H](O)C(=O)O. The van der Waals surface area contributed by atoms with Crippen molar-refractivity contribution in [3.63, 3.8) is 0 Å². The number of amides is 1. The van der Waals surface area contributed by atoms with E-state index in [0.29, 0.717) is 6.42 Å². The van der Waals surface area contributed by atoms with Crippen LogP contribution in [0.3, 0.4) is 0 Å². The Hall–Kier alpha value is -1.54. The standard InChI is InChI=1S/C9H13NO4/c1-2-3-4-8(12)10-6-5-7(11)9(13)14/h1,7,11H,3-6H2,(H,10,12)(H,13,14)/t7-/m0/s1. The molecule has 1 atom stereocenters. The molecular formula is C9H13NO4. The van der Waals surface area contributed by atoms with Crippen LogP contribution in [0, 0.1) is 12.3 Å². The summed E-state index contributed by atoms with van der Waals surface area (Å²) >= 11 is 0. The molecule has 5 heteroatoms. The van der Waals surface area contributed by atoms with Gasteiger partial charge in [0.25, 0.3) is 0 Å². The molecule has 14 heavy (non-hydrogen) atoms. The second-order valence-corrected chi connectivity index (χ2v) is 2.70. The van der Waals surface area contributed by atoms with Gasteiger partial charge in [0, 0.05) is 25.8 Å². The van der Waals surface area contributed by atoms with E-state index in [1.165, 1.54) is 0 Å². The van der Waals surface area contributed by atoms with E-state index in [9.17, 15) is 9.59 Å². The number of hydrogen-bond donors (Lipinski definition) is 3. The second kappa shape index (κ2) is 6.92. The molecule has 5 nitrogen and oxygen atoms in total. The number of carboxylic acids is 1. The summed E-state index contributed by atoms with van der Waals surface area (Å²) in [5, 5.41) is 19.6. The van der Waals surface area contributed by atoms with Crippen LogP contribution < -0.4 is 5.32 Å². The highest BCUT2D eigenvalue weighted by molar-refractivity contribution is 5.76. The van der Waals surface area contributed by atoms with Gasteiger partial charge in [0.05, 0.1) is 0 Å². The lowest BCUT2D eigenvalue weighted by molar-refractivity contribution is -0.147. The summed E-state index contributed by atoms with van der Waals surface area (Å²) in [6.45, 7) is 0.136. The van der Waals surface area contributed by atoms with E-state index in [-0.39, 0.29) is 25.3 Å². The monoisotopic (exact) mass is 199 g/mol. The Kier molecular flexibility index (Phi) is 6.16. The largest absolute Gasteiger partial charge is 0.479 e. The highest BCUT2D eigenvalue weighted by Crippen LogP contribution is 1.91. The van der Waals surface area contributed by atoms with E-state index in [2.05, 4.69) is 11.2 Å². The van der Waals surface area contributed by atoms with Crippen LogP contribution in [0.2, 0.25) is 0 Å². The van der Waals surface area contributed by atoms with Crippen molar-refractivity contribution in [2.24, 2.45) is 0 Å². The number of aliphatic hydroxyl groups excluding tert-OH is 1. The molecule has 0 aromatic carbocycles. The van der Waals surface area contributed by atoms with Crippen LogP contribution in [0.5, 0.6) is 0 Å². The second-order valence-electron chi connectivity index (χ2n) is 2.70. The number of carbonyl (C=O) groups is 2. The first-order chi connectivity index (χ1) is 6.57. The summed E-state index contributed by atoms with van der Waals surface area (Å²) in [5.74, 6) is 0.787. The summed E-state index contributed by atoms with van der Waals surface area (Å²) < 4.78 is 0. The minimum atomic E-state index is -1.43. The van der Waals surface area contributed by atoms with Crippen molar-refractivity contribution >= 4 is 11.9 Å². The molecule has 0 heterocycles. The van der Waals surface area contributed by atoms with Gasteiger partial charge in [-0.25, -0.2) is 4.79 Å². The molecule has 1 amide bonds. The molecule has 0 saturated carbocycles. The van der Waals surface area contributed by atoms with Crippen LogP contribution in [0.15, 0.2) is 0 Å². The summed E-state index contributed by atoms with van der Waals surface area (Å²) in [7, 11) is 0. The van der Waals surface area contributed by atoms with Gasteiger partial charge >= 0.3 is 5.97 Å². The van der Waals surface area contributed by atoms with Gasteiger partial charge in [0.15, 0.2) is 6.10 Å². The summed E-state index contributed by atoms with van der Waals surface area (Å²) in [5.41, 5.74) is 0. The van der Waals surface area contributed by atoms with Gasteiger partial charge in [-0.15, -0.1) is 12.3 Å². The smallest absolute Gasteiger partial charge is 0.332 e. The number of hydrogen-bond acceptors (Lipinski definition) is 3. The Bertz CT molecular complexity index is 244. The quantitative estimate of drug-likeness (QED) is 0.496. The van der Waals surface area contributed by atoms with Crippen molar-refractivity contribution in [2.45, 2.75) is 25.4 Å². The molecule has 0 aromatic heterocycles. The molecule has 0 unspecified atom stereocenters. The fraction of sp³-hybridized carbons (Fsp3) is 0.556. The molecule has 0 aliphatic heterocycles. The third-order valence-corrected chi connectivity index (χ3v) is 1.52. The highest BCUT2D eigenvalue weighted by Gasteiger charge is 2.12. The van der Waals surface area contributed by atoms with Gasteiger partial charge < -0.3 is 15.5 Å². The normalized spacial score (nSPS) is 11.4. The molecule has 0 fully saturated rings. The van der Waals surface area contributed by atoms with Gasteiger partial charge in [0.1, 0.15) is 0 Å². The maximum absolute atomic E-state index is 10.9. The number of rotatable bonds is 6. The molecule has 0 radical (unpaired) electrons. The van der Waals surface area contributed by atoms with Gasteiger partial charge in [0.2, 0.25) is 5.91 Å². The third-order valence-electron chi connectivity index (χ3n) is 1.52. The molecule has 0 aliphatic carbocycles. The zero-order chi connectivity index (χ0) is 11.0. The molecular weight excluding hydrogens is 186 g/mol. The Balaban J connectivity index is 3.50. The maximum Gasteiger partial charge on any atom is 0.332 e. The number of nitrogens with one attached hydrogen (secondary N) is 1. The Morgan fingerprint density at radius 2 is 2.14 bits per heavy atom. The highest BCUT2D eigenvalue weighted by atomic mass is 16.4. The van der Waals surface area contributed by atoms with E-state index in [4.69, 9.17) is 16.6 Å². The molecule has 0 bridgehead atoms. The van der Waals surface area contributed by atoms with E-state index in [0.717, 1.165) is 0 Å². The molecule has 0 spiro atoms. The summed E-state index contributed by atoms with van der Waals surface area (Å²) in [6, 6.07) is 0. The Morgan fingerprint density at radius 1 is 1.50 bits per heavy atom. The number of carbonyl (C=O) groups excluding carboxylic acids is 1. The van der Waals surface area contributed by atoms with Crippen molar-refractivity contribution in [3.05, 3.63) is 0 Å². The fourth-order valence-electron chi connectivity index (χ4n) is 0.746. The van der Waals surface area contributed by atoms with E-state index in [1.807, 2.05) is 0 Å². The van der Waals surface area contributed by atoms with Gasteiger partial charge in [-0.3, -0.25) is 4.79 Å². The van der Waals surface area contributed by atoms with Crippen LogP contribution >= 0.6 is 0 Å². The first-order valence-electron chi connectivity index (χ1n) is 4.19. The van der Waals surface area contributed by atoms with Gasteiger partial charge in [-0.2, -0.15) is 0 Å². The predicted molar refractivity (Wildman–Crippen MR) is 49.3 cm³/mol. The minimum absolute atomic E-state index is 0.00285. The van der Waals surface area contributed by atoms with Crippen LogP contribution in [0.1, 0.15) is 19.3 Å². The van der Waals surface area contributed by atoms with E-state index >= 15 is 0 Å².